The summed E-state index contributed by atoms with van der Waals surface area (Å²) in [5.41, 5.74) is 0.0417. The highest BCUT2D eigenvalue weighted by Gasteiger charge is 2.37. The van der Waals surface area contributed by atoms with Gasteiger partial charge in [0.2, 0.25) is 5.89 Å². The molecule has 2 unspecified atom stereocenters. The van der Waals surface area contributed by atoms with Crippen molar-refractivity contribution >= 4 is 6.03 Å². The van der Waals surface area contributed by atoms with Gasteiger partial charge in [-0.1, -0.05) is 31.1 Å². The van der Waals surface area contributed by atoms with Crippen molar-refractivity contribution < 1.29 is 27.6 Å². The van der Waals surface area contributed by atoms with Crippen LogP contribution >= 0.6 is 0 Å². The Balaban J connectivity index is 1.58. The molecule has 4 rings (SSSR count). The minimum Gasteiger partial charge on any atom is -0.393 e. The van der Waals surface area contributed by atoms with Crippen molar-refractivity contribution in [1.29, 1.82) is 0 Å². The zero-order valence-corrected chi connectivity index (χ0v) is 18.8. The van der Waals surface area contributed by atoms with Gasteiger partial charge in [0, 0.05) is 38.0 Å². The molecule has 33 heavy (non-hydrogen) atoms. The summed E-state index contributed by atoms with van der Waals surface area (Å²) in [6.07, 6.45) is -3.13. The maximum atomic E-state index is 13.3. The number of carbonyl (C=O) groups excluding carboxylic acids is 1. The summed E-state index contributed by atoms with van der Waals surface area (Å²) >= 11 is 0. The van der Waals surface area contributed by atoms with Gasteiger partial charge < -0.3 is 19.4 Å². The first-order valence-corrected chi connectivity index (χ1v) is 11.3. The second-order valence-electron chi connectivity index (χ2n) is 9.30. The first kappa shape index (κ1) is 23.5. The number of rotatable bonds is 3. The highest BCUT2D eigenvalue weighted by atomic mass is 19.4. The number of hydrogen-bond acceptors (Lipinski definition) is 5. The Labute approximate surface area is 190 Å². The highest BCUT2D eigenvalue weighted by Crippen LogP contribution is 2.37. The molecule has 2 aromatic rings. The van der Waals surface area contributed by atoms with E-state index in [9.17, 15) is 23.1 Å². The second-order valence-corrected chi connectivity index (χ2v) is 9.30. The predicted octanol–water partition coefficient (Wildman–Crippen LogP) is 4.36. The van der Waals surface area contributed by atoms with E-state index in [1.165, 1.54) is 12.1 Å². The molecule has 0 spiro atoms. The summed E-state index contributed by atoms with van der Waals surface area (Å²) in [5.74, 6) is 0.742. The third-order valence-electron chi connectivity index (χ3n) is 6.49. The number of amides is 2. The monoisotopic (exact) mass is 466 g/mol. The van der Waals surface area contributed by atoms with Crippen LogP contribution < -0.4 is 0 Å². The lowest BCUT2D eigenvalue weighted by atomic mass is 9.84. The average molecular weight is 467 g/mol. The van der Waals surface area contributed by atoms with Crippen LogP contribution in [0.1, 0.15) is 73.7 Å². The molecule has 0 radical (unpaired) electrons. The van der Waals surface area contributed by atoms with E-state index in [2.05, 4.69) is 10.1 Å². The molecule has 0 aliphatic carbocycles. The maximum Gasteiger partial charge on any atom is 0.416 e. The van der Waals surface area contributed by atoms with E-state index in [1.54, 1.807) is 9.80 Å². The van der Waals surface area contributed by atoms with Crippen LogP contribution in [0, 0.1) is 0 Å². The number of aromatic nitrogens is 2. The number of urea groups is 1. The molecule has 1 aromatic carbocycles. The minimum atomic E-state index is -4.40. The van der Waals surface area contributed by atoms with Crippen LogP contribution in [-0.4, -0.2) is 63.4 Å². The van der Waals surface area contributed by atoms with Gasteiger partial charge in [0.05, 0.1) is 17.6 Å². The van der Waals surface area contributed by atoms with Crippen molar-refractivity contribution in [3.8, 4) is 0 Å². The van der Waals surface area contributed by atoms with Crippen molar-refractivity contribution in [1.82, 2.24) is 19.9 Å². The fourth-order valence-corrected chi connectivity index (χ4v) is 4.52. The van der Waals surface area contributed by atoms with Crippen molar-refractivity contribution in [3.63, 3.8) is 0 Å². The van der Waals surface area contributed by atoms with Crippen molar-refractivity contribution in [2.45, 2.75) is 63.1 Å². The lowest BCUT2D eigenvalue weighted by molar-refractivity contribution is -0.137. The summed E-state index contributed by atoms with van der Waals surface area (Å²) in [6, 6.07) is 5.01. The first-order valence-electron chi connectivity index (χ1n) is 11.3. The predicted molar refractivity (Wildman–Crippen MR) is 114 cm³/mol. The van der Waals surface area contributed by atoms with Crippen molar-refractivity contribution in [2.75, 3.05) is 26.2 Å². The molecule has 10 heteroatoms. The number of piperidine rings is 2. The number of likely N-dealkylation sites (tertiary alicyclic amines) is 2. The number of nitrogens with zero attached hydrogens (tertiary/aromatic N) is 4. The number of aliphatic hydroxyl groups excluding tert-OH is 1. The second kappa shape index (κ2) is 9.32. The molecule has 0 bridgehead atoms. The Kier molecular flexibility index (Phi) is 6.65. The normalized spacial score (nSPS) is 22.8. The summed E-state index contributed by atoms with van der Waals surface area (Å²) in [5, 5.41) is 13.8. The molecule has 2 amide bonds. The first-order chi connectivity index (χ1) is 15.6. The molecule has 2 fully saturated rings. The molecule has 2 aliphatic rings. The van der Waals surface area contributed by atoms with Gasteiger partial charge in [-0.25, -0.2) is 4.79 Å². The third-order valence-corrected chi connectivity index (χ3v) is 6.49. The molecule has 3 heterocycles. The van der Waals surface area contributed by atoms with Gasteiger partial charge >= 0.3 is 12.2 Å². The molecule has 7 nitrogen and oxygen atoms in total. The zero-order valence-electron chi connectivity index (χ0n) is 18.8. The maximum absolute atomic E-state index is 13.3. The van der Waals surface area contributed by atoms with Crippen LogP contribution in [0.3, 0.4) is 0 Å². The topological polar surface area (TPSA) is 82.7 Å². The standard InChI is InChI=1S/C23H29F3N4O3/c1-14(2)20-27-21(33-28-20)17-11-16(15-3-5-18(6-4-15)23(24,25)26)12-30(13-17)22(32)29-9-7-19(31)8-10-29/h3-6,14,16-17,19,31H,7-13H2,1-2H3. The lowest BCUT2D eigenvalue weighted by Gasteiger charge is -2.40. The van der Waals surface area contributed by atoms with Gasteiger partial charge in [-0.15, -0.1) is 0 Å². The number of aliphatic hydroxyl groups is 1. The number of alkyl halides is 3. The third kappa shape index (κ3) is 5.31. The van der Waals surface area contributed by atoms with E-state index in [0.29, 0.717) is 57.2 Å². The summed E-state index contributed by atoms with van der Waals surface area (Å²) in [4.78, 5) is 21.2. The van der Waals surface area contributed by atoms with Crippen LogP contribution in [0.15, 0.2) is 28.8 Å². The Bertz CT molecular complexity index is 953. The lowest BCUT2D eigenvalue weighted by Crippen LogP contribution is -2.51. The van der Waals surface area contributed by atoms with Gasteiger partial charge in [0.25, 0.3) is 0 Å². The van der Waals surface area contributed by atoms with E-state index < -0.39 is 17.8 Å². The van der Waals surface area contributed by atoms with Crippen LogP contribution in [-0.2, 0) is 6.18 Å². The van der Waals surface area contributed by atoms with Crippen LogP contribution in [0.5, 0.6) is 0 Å². The summed E-state index contributed by atoms with van der Waals surface area (Å²) in [6.45, 7) is 5.66. The van der Waals surface area contributed by atoms with E-state index in [1.807, 2.05) is 13.8 Å². The number of benzene rings is 1. The van der Waals surface area contributed by atoms with E-state index in [0.717, 1.165) is 17.7 Å². The van der Waals surface area contributed by atoms with Crippen LogP contribution in [0.2, 0.25) is 0 Å². The van der Waals surface area contributed by atoms with E-state index in [-0.39, 0.29) is 23.8 Å². The molecule has 2 saturated heterocycles. The number of carbonyl (C=O) groups is 1. The average Bonchev–Trinajstić information content (AvgIpc) is 3.29. The minimum absolute atomic E-state index is 0.0920. The fraction of sp³-hybridized carbons (Fsp3) is 0.609. The molecular weight excluding hydrogens is 437 g/mol. The number of hydrogen-bond donors (Lipinski definition) is 1. The van der Waals surface area contributed by atoms with Gasteiger partial charge in [0.15, 0.2) is 5.82 Å². The Hall–Kier alpha value is -2.62. The Morgan fingerprint density at radius 1 is 1.09 bits per heavy atom. The quantitative estimate of drug-likeness (QED) is 0.727. The molecule has 1 aromatic heterocycles. The number of halogens is 3. The summed E-state index contributed by atoms with van der Waals surface area (Å²) in [7, 11) is 0. The van der Waals surface area contributed by atoms with Crippen LogP contribution in [0.25, 0.3) is 0 Å². The van der Waals surface area contributed by atoms with Gasteiger partial charge in [0.1, 0.15) is 0 Å². The van der Waals surface area contributed by atoms with Crippen LogP contribution in [0.4, 0.5) is 18.0 Å². The SMILES string of the molecule is CC(C)c1noc(C2CC(c3ccc(C(F)(F)F)cc3)CN(C(=O)N3CCC(O)CC3)C2)n1. The Morgan fingerprint density at radius 3 is 2.30 bits per heavy atom. The molecular formula is C23H29F3N4O3. The highest BCUT2D eigenvalue weighted by molar-refractivity contribution is 5.75. The fourth-order valence-electron chi connectivity index (χ4n) is 4.52. The molecule has 2 atom stereocenters. The van der Waals surface area contributed by atoms with E-state index >= 15 is 0 Å². The van der Waals surface area contributed by atoms with Gasteiger partial charge in [-0.05, 0) is 37.0 Å². The Morgan fingerprint density at radius 2 is 1.73 bits per heavy atom. The summed E-state index contributed by atoms with van der Waals surface area (Å²) < 4.78 is 44.5. The van der Waals surface area contributed by atoms with E-state index in [4.69, 9.17) is 4.52 Å². The van der Waals surface area contributed by atoms with Gasteiger partial charge in [-0.3, -0.25) is 0 Å². The van der Waals surface area contributed by atoms with Crippen molar-refractivity contribution in [2.24, 2.45) is 0 Å². The molecule has 180 valence electrons. The molecule has 2 aliphatic heterocycles. The van der Waals surface area contributed by atoms with Crippen molar-refractivity contribution in [3.05, 3.63) is 47.1 Å². The molecule has 1 N–H and O–H groups in total. The molecule has 0 saturated carbocycles. The largest absolute Gasteiger partial charge is 0.416 e. The van der Waals surface area contributed by atoms with Gasteiger partial charge in [-0.2, -0.15) is 18.2 Å². The zero-order chi connectivity index (χ0) is 23.8. The smallest absolute Gasteiger partial charge is 0.393 e.